The number of benzene rings is 1. The van der Waals surface area contributed by atoms with E-state index in [0.717, 1.165) is 39.1 Å². The topological polar surface area (TPSA) is 65.8 Å². The van der Waals surface area contributed by atoms with Crippen LogP contribution in [0.15, 0.2) is 16.6 Å². The van der Waals surface area contributed by atoms with Crippen LogP contribution in [-0.2, 0) is 4.79 Å². The second-order valence-corrected chi connectivity index (χ2v) is 9.01. The number of ether oxygens (including phenoxy) is 2. The van der Waals surface area contributed by atoms with Gasteiger partial charge in [0.2, 0.25) is 0 Å². The first-order valence-electron chi connectivity index (χ1n) is 9.73. The number of piperazine rings is 1. The van der Waals surface area contributed by atoms with Crippen molar-refractivity contribution in [2.45, 2.75) is 34.1 Å². The number of hydrogen-bond donors (Lipinski definition) is 0. The third-order valence-electron chi connectivity index (χ3n) is 4.68. The molecular formula is C21H30BrN3O3. The zero-order valence-electron chi connectivity index (χ0n) is 17.3. The SMILES string of the molecule is CCOc1cc(C#N)cc(Br)c1OCC(=O)N1CCN(CCC(C)(C)C)CC1. The van der Waals surface area contributed by atoms with Crippen molar-refractivity contribution >= 4 is 21.8 Å². The molecule has 1 aliphatic rings. The van der Waals surface area contributed by atoms with Gasteiger partial charge in [-0.1, -0.05) is 20.8 Å². The molecule has 0 radical (unpaired) electrons. The van der Waals surface area contributed by atoms with Crippen molar-refractivity contribution in [1.82, 2.24) is 9.80 Å². The third kappa shape index (κ3) is 6.68. The number of halogens is 1. The van der Waals surface area contributed by atoms with Crippen molar-refractivity contribution in [2.24, 2.45) is 5.41 Å². The fourth-order valence-electron chi connectivity index (χ4n) is 2.98. The van der Waals surface area contributed by atoms with E-state index < -0.39 is 0 Å². The normalized spacial score (nSPS) is 15.2. The summed E-state index contributed by atoms with van der Waals surface area (Å²) in [5.41, 5.74) is 0.800. The highest BCUT2D eigenvalue weighted by Gasteiger charge is 2.23. The van der Waals surface area contributed by atoms with Gasteiger partial charge in [-0.3, -0.25) is 9.69 Å². The molecule has 1 amide bonds. The van der Waals surface area contributed by atoms with Gasteiger partial charge < -0.3 is 14.4 Å². The van der Waals surface area contributed by atoms with E-state index in [4.69, 9.17) is 14.7 Å². The van der Waals surface area contributed by atoms with Gasteiger partial charge >= 0.3 is 0 Å². The minimum atomic E-state index is -0.0490. The van der Waals surface area contributed by atoms with E-state index in [1.807, 2.05) is 11.8 Å². The molecule has 0 saturated carbocycles. The van der Waals surface area contributed by atoms with Gasteiger partial charge in [-0.2, -0.15) is 5.26 Å². The second kappa shape index (κ2) is 10.1. The Morgan fingerprint density at radius 3 is 2.46 bits per heavy atom. The first-order chi connectivity index (χ1) is 13.2. The van der Waals surface area contributed by atoms with Crippen LogP contribution in [0.25, 0.3) is 0 Å². The van der Waals surface area contributed by atoms with E-state index in [2.05, 4.69) is 47.7 Å². The average Bonchev–Trinajstić information content (AvgIpc) is 2.65. The highest BCUT2D eigenvalue weighted by molar-refractivity contribution is 9.10. The average molecular weight is 452 g/mol. The van der Waals surface area contributed by atoms with E-state index in [1.54, 1.807) is 12.1 Å². The summed E-state index contributed by atoms with van der Waals surface area (Å²) >= 11 is 3.41. The molecule has 0 aliphatic carbocycles. The highest BCUT2D eigenvalue weighted by Crippen LogP contribution is 2.36. The smallest absolute Gasteiger partial charge is 0.260 e. The van der Waals surface area contributed by atoms with Crippen LogP contribution in [-0.4, -0.2) is 61.6 Å². The van der Waals surface area contributed by atoms with Crippen LogP contribution in [0.4, 0.5) is 0 Å². The Balaban J connectivity index is 1.89. The van der Waals surface area contributed by atoms with E-state index in [0.29, 0.717) is 33.6 Å². The van der Waals surface area contributed by atoms with Crippen molar-refractivity contribution in [3.63, 3.8) is 0 Å². The monoisotopic (exact) mass is 451 g/mol. The van der Waals surface area contributed by atoms with Crippen LogP contribution in [0.3, 0.4) is 0 Å². The maximum atomic E-state index is 12.6. The van der Waals surface area contributed by atoms with Crippen LogP contribution in [0, 0.1) is 16.7 Å². The first-order valence-corrected chi connectivity index (χ1v) is 10.5. The number of hydrogen-bond acceptors (Lipinski definition) is 5. The Morgan fingerprint density at radius 1 is 1.21 bits per heavy atom. The molecule has 1 aromatic carbocycles. The molecule has 1 saturated heterocycles. The Hall–Kier alpha value is -1.78. The quantitative estimate of drug-likeness (QED) is 0.632. The predicted octanol–water partition coefficient (Wildman–Crippen LogP) is 3.68. The molecular weight excluding hydrogens is 422 g/mol. The summed E-state index contributed by atoms with van der Waals surface area (Å²) in [5, 5.41) is 9.11. The van der Waals surface area contributed by atoms with Crippen molar-refractivity contribution < 1.29 is 14.3 Å². The number of carbonyl (C=O) groups excluding carboxylic acids is 1. The Morgan fingerprint density at radius 2 is 1.89 bits per heavy atom. The fraction of sp³-hybridized carbons (Fsp3) is 0.619. The lowest BCUT2D eigenvalue weighted by Crippen LogP contribution is -2.50. The standard InChI is InChI=1S/C21H30BrN3O3/c1-5-27-18-13-16(14-23)12-17(22)20(18)28-15-19(26)25-10-8-24(9-11-25)7-6-21(2,3)4/h12-13H,5-11,15H2,1-4H3. The Labute approximate surface area is 176 Å². The fourth-order valence-corrected chi connectivity index (χ4v) is 3.53. The van der Waals surface area contributed by atoms with Crippen molar-refractivity contribution in [2.75, 3.05) is 45.9 Å². The van der Waals surface area contributed by atoms with Gasteiger partial charge in [0.25, 0.3) is 5.91 Å². The molecule has 0 aromatic heterocycles. The molecule has 2 rings (SSSR count). The minimum absolute atomic E-state index is 0.0332. The molecule has 6 nitrogen and oxygen atoms in total. The number of nitrogens with zero attached hydrogens (tertiary/aromatic N) is 3. The zero-order chi connectivity index (χ0) is 20.7. The zero-order valence-corrected chi connectivity index (χ0v) is 18.8. The maximum Gasteiger partial charge on any atom is 0.260 e. The minimum Gasteiger partial charge on any atom is -0.490 e. The number of amides is 1. The van der Waals surface area contributed by atoms with Gasteiger partial charge in [0, 0.05) is 32.2 Å². The summed E-state index contributed by atoms with van der Waals surface area (Å²) in [7, 11) is 0. The number of nitriles is 1. The lowest BCUT2D eigenvalue weighted by molar-refractivity contribution is -0.135. The largest absolute Gasteiger partial charge is 0.490 e. The van der Waals surface area contributed by atoms with E-state index in [9.17, 15) is 4.79 Å². The van der Waals surface area contributed by atoms with Crippen LogP contribution in [0.1, 0.15) is 39.7 Å². The summed E-state index contributed by atoms with van der Waals surface area (Å²) in [6, 6.07) is 5.38. The molecule has 1 fully saturated rings. The molecule has 1 heterocycles. The molecule has 0 atom stereocenters. The molecule has 0 unspecified atom stereocenters. The van der Waals surface area contributed by atoms with Crippen LogP contribution >= 0.6 is 15.9 Å². The third-order valence-corrected chi connectivity index (χ3v) is 5.27. The van der Waals surface area contributed by atoms with E-state index in [-0.39, 0.29) is 12.5 Å². The van der Waals surface area contributed by atoms with Crippen molar-refractivity contribution in [1.29, 1.82) is 5.26 Å². The summed E-state index contributed by atoms with van der Waals surface area (Å²) in [6.07, 6.45) is 1.15. The van der Waals surface area contributed by atoms with Crippen LogP contribution in [0.2, 0.25) is 0 Å². The van der Waals surface area contributed by atoms with Gasteiger partial charge in [-0.15, -0.1) is 0 Å². The lowest BCUT2D eigenvalue weighted by Gasteiger charge is -2.36. The van der Waals surface area contributed by atoms with Gasteiger partial charge in [-0.25, -0.2) is 0 Å². The Kier molecular flexibility index (Phi) is 8.14. The lowest BCUT2D eigenvalue weighted by atomic mass is 9.92. The van der Waals surface area contributed by atoms with Crippen molar-refractivity contribution in [3.8, 4) is 17.6 Å². The van der Waals surface area contributed by atoms with Crippen LogP contribution in [0.5, 0.6) is 11.5 Å². The van der Waals surface area contributed by atoms with E-state index >= 15 is 0 Å². The molecule has 154 valence electrons. The molecule has 1 aromatic rings. The number of rotatable bonds is 7. The van der Waals surface area contributed by atoms with Crippen molar-refractivity contribution in [3.05, 3.63) is 22.2 Å². The summed E-state index contributed by atoms with van der Waals surface area (Å²) in [4.78, 5) is 16.8. The predicted molar refractivity (Wildman–Crippen MR) is 113 cm³/mol. The molecule has 1 aliphatic heterocycles. The maximum absolute atomic E-state index is 12.6. The van der Waals surface area contributed by atoms with Gasteiger partial charge in [0.1, 0.15) is 0 Å². The summed E-state index contributed by atoms with van der Waals surface area (Å²) in [5.74, 6) is 0.889. The van der Waals surface area contributed by atoms with Gasteiger partial charge in [0.05, 0.1) is 22.7 Å². The molecule has 0 bridgehead atoms. The Bertz CT molecular complexity index is 717. The van der Waals surface area contributed by atoms with E-state index in [1.165, 1.54) is 0 Å². The first kappa shape index (κ1) is 22.5. The molecule has 0 spiro atoms. The van der Waals surface area contributed by atoms with Gasteiger partial charge in [-0.05, 0) is 47.3 Å². The summed E-state index contributed by atoms with van der Waals surface area (Å²) < 4.78 is 11.9. The van der Waals surface area contributed by atoms with Gasteiger partial charge in [0.15, 0.2) is 18.1 Å². The number of carbonyl (C=O) groups is 1. The molecule has 7 heteroatoms. The molecule has 28 heavy (non-hydrogen) atoms. The highest BCUT2D eigenvalue weighted by atomic mass is 79.9. The van der Waals surface area contributed by atoms with Crippen LogP contribution < -0.4 is 9.47 Å². The second-order valence-electron chi connectivity index (χ2n) is 8.15. The summed E-state index contributed by atoms with van der Waals surface area (Å²) in [6.45, 7) is 13.3. The molecule has 0 N–H and O–H groups in total.